The molecule has 1 aliphatic rings. The Labute approximate surface area is 172 Å². The van der Waals surface area contributed by atoms with E-state index in [0.29, 0.717) is 48.8 Å². The monoisotopic (exact) mass is 396 g/mol. The van der Waals surface area contributed by atoms with Crippen molar-refractivity contribution in [3.8, 4) is 11.5 Å². The van der Waals surface area contributed by atoms with E-state index in [1.54, 1.807) is 36.2 Å². The van der Waals surface area contributed by atoms with Gasteiger partial charge in [0, 0.05) is 42.9 Å². The molecular formula is C23H28N2O4. The molecule has 0 aliphatic carbocycles. The standard InChI is InChI=1S/C23H28N2O4/c1-5-17-6-8-18(9-7-17)22(26)24-10-12-25(13-11-24)23(27)19-14-20(28-3)16(2)21(15-19)29-4/h6-9,14-15H,5,10-13H2,1-4H3. The van der Waals surface area contributed by atoms with Gasteiger partial charge in [0.2, 0.25) is 0 Å². The minimum absolute atomic E-state index is 0.0124. The number of benzene rings is 2. The zero-order valence-corrected chi connectivity index (χ0v) is 17.5. The van der Waals surface area contributed by atoms with Crippen LogP contribution in [0.2, 0.25) is 0 Å². The zero-order chi connectivity index (χ0) is 21.0. The first-order chi connectivity index (χ1) is 14.0. The van der Waals surface area contributed by atoms with Gasteiger partial charge >= 0.3 is 0 Å². The number of hydrogen-bond acceptors (Lipinski definition) is 4. The van der Waals surface area contributed by atoms with Crippen LogP contribution in [-0.2, 0) is 6.42 Å². The number of hydrogen-bond donors (Lipinski definition) is 0. The number of piperazine rings is 1. The number of amides is 2. The second-order valence-corrected chi connectivity index (χ2v) is 7.14. The van der Waals surface area contributed by atoms with Gasteiger partial charge in [0.25, 0.3) is 11.8 Å². The first kappa shape index (κ1) is 20.7. The van der Waals surface area contributed by atoms with Crippen LogP contribution in [0.1, 0.15) is 38.8 Å². The Bertz CT molecular complexity index is 859. The van der Waals surface area contributed by atoms with E-state index in [0.717, 1.165) is 12.0 Å². The van der Waals surface area contributed by atoms with Gasteiger partial charge in [-0.1, -0.05) is 19.1 Å². The molecule has 0 spiro atoms. The fraction of sp³-hybridized carbons (Fsp3) is 0.391. The number of ether oxygens (including phenoxy) is 2. The summed E-state index contributed by atoms with van der Waals surface area (Å²) >= 11 is 0. The molecule has 0 atom stereocenters. The van der Waals surface area contributed by atoms with Gasteiger partial charge in [0.1, 0.15) is 11.5 Å². The molecule has 1 fully saturated rings. The van der Waals surface area contributed by atoms with Crippen LogP contribution < -0.4 is 9.47 Å². The van der Waals surface area contributed by atoms with Crippen LogP contribution >= 0.6 is 0 Å². The van der Waals surface area contributed by atoms with Crippen LogP contribution in [0.5, 0.6) is 11.5 Å². The second-order valence-electron chi connectivity index (χ2n) is 7.14. The highest BCUT2D eigenvalue weighted by molar-refractivity contribution is 5.96. The highest BCUT2D eigenvalue weighted by Crippen LogP contribution is 2.30. The van der Waals surface area contributed by atoms with Crippen LogP contribution in [0, 0.1) is 6.92 Å². The smallest absolute Gasteiger partial charge is 0.254 e. The number of nitrogens with zero attached hydrogens (tertiary/aromatic N) is 2. The molecule has 2 amide bonds. The molecule has 1 saturated heterocycles. The molecule has 0 N–H and O–H groups in total. The van der Waals surface area contributed by atoms with Gasteiger partial charge in [-0.3, -0.25) is 9.59 Å². The molecule has 2 aromatic carbocycles. The van der Waals surface area contributed by atoms with E-state index in [9.17, 15) is 9.59 Å². The normalized spacial score (nSPS) is 13.9. The van der Waals surface area contributed by atoms with E-state index in [1.807, 2.05) is 31.2 Å². The highest BCUT2D eigenvalue weighted by Gasteiger charge is 2.26. The number of carbonyl (C=O) groups excluding carboxylic acids is 2. The number of rotatable bonds is 5. The molecule has 0 radical (unpaired) electrons. The van der Waals surface area contributed by atoms with E-state index in [4.69, 9.17) is 9.47 Å². The number of aryl methyl sites for hydroxylation is 1. The summed E-state index contributed by atoms with van der Waals surface area (Å²) in [5.74, 6) is 1.17. The molecule has 1 aliphatic heterocycles. The Kier molecular flexibility index (Phi) is 6.42. The fourth-order valence-electron chi connectivity index (χ4n) is 3.57. The first-order valence-electron chi connectivity index (χ1n) is 9.88. The lowest BCUT2D eigenvalue weighted by atomic mass is 10.1. The van der Waals surface area contributed by atoms with Crippen molar-refractivity contribution in [2.45, 2.75) is 20.3 Å². The summed E-state index contributed by atoms with van der Waals surface area (Å²) in [6.45, 7) is 6.00. The maximum Gasteiger partial charge on any atom is 0.254 e. The molecule has 0 unspecified atom stereocenters. The number of methoxy groups -OCH3 is 2. The van der Waals surface area contributed by atoms with Crippen molar-refractivity contribution < 1.29 is 19.1 Å². The topological polar surface area (TPSA) is 59.1 Å². The first-order valence-corrected chi connectivity index (χ1v) is 9.88. The Balaban J connectivity index is 1.67. The van der Waals surface area contributed by atoms with Crippen LogP contribution in [0.3, 0.4) is 0 Å². The molecule has 29 heavy (non-hydrogen) atoms. The molecule has 154 valence electrons. The SMILES string of the molecule is CCc1ccc(C(=O)N2CCN(C(=O)c3cc(OC)c(C)c(OC)c3)CC2)cc1. The van der Waals surface area contributed by atoms with E-state index in [2.05, 4.69) is 6.92 Å². The summed E-state index contributed by atoms with van der Waals surface area (Å²) in [4.78, 5) is 29.3. The minimum Gasteiger partial charge on any atom is -0.496 e. The van der Waals surface area contributed by atoms with Gasteiger partial charge in [-0.05, 0) is 43.2 Å². The molecular weight excluding hydrogens is 368 g/mol. The average molecular weight is 396 g/mol. The van der Waals surface area contributed by atoms with Crippen LogP contribution in [-0.4, -0.2) is 62.0 Å². The highest BCUT2D eigenvalue weighted by atomic mass is 16.5. The third-order valence-corrected chi connectivity index (χ3v) is 5.46. The van der Waals surface area contributed by atoms with Gasteiger partial charge in [-0.15, -0.1) is 0 Å². The third kappa shape index (κ3) is 4.36. The predicted octanol–water partition coefficient (Wildman–Crippen LogP) is 3.17. The van der Waals surface area contributed by atoms with Crippen LogP contribution in [0.4, 0.5) is 0 Å². The van der Waals surface area contributed by atoms with Crippen LogP contribution in [0.25, 0.3) is 0 Å². The van der Waals surface area contributed by atoms with E-state index < -0.39 is 0 Å². The molecule has 0 saturated carbocycles. The van der Waals surface area contributed by atoms with E-state index in [1.165, 1.54) is 5.56 Å². The van der Waals surface area contributed by atoms with Crippen molar-refractivity contribution in [2.24, 2.45) is 0 Å². The molecule has 2 aromatic rings. The Hall–Kier alpha value is -3.02. The summed E-state index contributed by atoms with van der Waals surface area (Å²) in [5.41, 5.74) is 3.28. The molecule has 0 aromatic heterocycles. The van der Waals surface area contributed by atoms with Crippen molar-refractivity contribution in [2.75, 3.05) is 40.4 Å². The lowest BCUT2D eigenvalue weighted by Gasteiger charge is -2.35. The third-order valence-electron chi connectivity index (χ3n) is 5.46. The number of carbonyl (C=O) groups is 2. The van der Waals surface area contributed by atoms with Crippen molar-refractivity contribution in [1.82, 2.24) is 9.80 Å². The van der Waals surface area contributed by atoms with Crippen molar-refractivity contribution in [1.29, 1.82) is 0 Å². The molecule has 1 heterocycles. The molecule has 0 bridgehead atoms. The van der Waals surface area contributed by atoms with E-state index in [-0.39, 0.29) is 11.8 Å². The van der Waals surface area contributed by atoms with Gasteiger partial charge in [0.05, 0.1) is 14.2 Å². The molecule has 3 rings (SSSR count). The minimum atomic E-state index is -0.0824. The maximum atomic E-state index is 13.0. The van der Waals surface area contributed by atoms with Crippen molar-refractivity contribution in [3.63, 3.8) is 0 Å². The fourth-order valence-corrected chi connectivity index (χ4v) is 3.57. The van der Waals surface area contributed by atoms with Crippen molar-refractivity contribution in [3.05, 3.63) is 58.7 Å². The Morgan fingerprint density at radius 1 is 0.828 bits per heavy atom. The Morgan fingerprint density at radius 3 is 1.69 bits per heavy atom. The summed E-state index contributed by atoms with van der Waals surface area (Å²) in [7, 11) is 3.15. The lowest BCUT2D eigenvalue weighted by molar-refractivity contribution is 0.0535. The van der Waals surface area contributed by atoms with Crippen molar-refractivity contribution >= 4 is 11.8 Å². The average Bonchev–Trinajstić information content (AvgIpc) is 2.78. The summed E-state index contributed by atoms with van der Waals surface area (Å²) in [5, 5.41) is 0. The summed E-state index contributed by atoms with van der Waals surface area (Å²) in [6.07, 6.45) is 0.948. The Morgan fingerprint density at radius 2 is 1.28 bits per heavy atom. The van der Waals surface area contributed by atoms with Crippen LogP contribution in [0.15, 0.2) is 36.4 Å². The quantitative estimate of drug-likeness (QED) is 0.779. The lowest BCUT2D eigenvalue weighted by Crippen LogP contribution is -2.50. The van der Waals surface area contributed by atoms with Gasteiger partial charge in [-0.25, -0.2) is 0 Å². The molecule has 6 nitrogen and oxygen atoms in total. The van der Waals surface area contributed by atoms with Gasteiger partial charge in [-0.2, -0.15) is 0 Å². The second kappa shape index (κ2) is 8.99. The van der Waals surface area contributed by atoms with Gasteiger partial charge in [0.15, 0.2) is 0 Å². The maximum absolute atomic E-state index is 13.0. The zero-order valence-electron chi connectivity index (χ0n) is 17.5. The molecule has 6 heteroatoms. The predicted molar refractivity (Wildman–Crippen MR) is 112 cm³/mol. The van der Waals surface area contributed by atoms with E-state index >= 15 is 0 Å². The summed E-state index contributed by atoms with van der Waals surface area (Å²) in [6, 6.07) is 11.2. The van der Waals surface area contributed by atoms with Gasteiger partial charge < -0.3 is 19.3 Å². The summed E-state index contributed by atoms with van der Waals surface area (Å²) < 4.78 is 10.8. The largest absolute Gasteiger partial charge is 0.496 e.